The van der Waals surface area contributed by atoms with Crippen LogP contribution in [0.25, 0.3) is 0 Å². The van der Waals surface area contributed by atoms with E-state index in [1.165, 1.54) is 0 Å². The van der Waals surface area contributed by atoms with Crippen molar-refractivity contribution in [1.29, 1.82) is 0 Å². The zero-order valence-electron chi connectivity index (χ0n) is 11.5. The van der Waals surface area contributed by atoms with E-state index in [-0.39, 0.29) is 6.04 Å². The lowest BCUT2D eigenvalue weighted by molar-refractivity contribution is 0.591. The largest absolute Gasteiger partial charge is 0.313 e. The van der Waals surface area contributed by atoms with Gasteiger partial charge in [0.25, 0.3) is 0 Å². The van der Waals surface area contributed by atoms with E-state index >= 15 is 0 Å². The first-order chi connectivity index (χ1) is 9.43. The average molecular weight is 333 g/mol. The van der Waals surface area contributed by atoms with E-state index in [9.17, 15) is 0 Å². The van der Waals surface area contributed by atoms with E-state index in [4.69, 9.17) is 34.8 Å². The molecule has 0 saturated heterocycles. The zero-order chi connectivity index (χ0) is 14.9. The Labute approximate surface area is 133 Å². The molecule has 0 radical (unpaired) electrons. The molecule has 1 heterocycles. The minimum atomic E-state index is 0.0293. The number of halogens is 3. The second kappa shape index (κ2) is 6.35. The van der Waals surface area contributed by atoms with E-state index in [1.807, 2.05) is 27.1 Å². The molecule has 0 amide bonds. The van der Waals surface area contributed by atoms with Gasteiger partial charge in [0.15, 0.2) is 0 Å². The number of likely N-dealkylation sites (N-methyl/N-ethyl adjacent to an activating group) is 1. The number of benzene rings is 1. The van der Waals surface area contributed by atoms with E-state index in [0.29, 0.717) is 21.6 Å². The van der Waals surface area contributed by atoms with Gasteiger partial charge in [-0.25, -0.2) is 0 Å². The molecule has 1 unspecified atom stereocenters. The zero-order valence-corrected chi connectivity index (χ0v) is 13.8. The van der Waals surface area contributed by atoms with Crippen LogP contribution in [0.4, 0.5) is 0 Å². The van der Waals surface area contributed by atoms with Crippen molar-refractivity contribution >= 4 is 34.8 Å². The molecule has 3 nitrogen and oxygen atoms in total. The van der Waals surface area contributed by atoms with Crippen molar-refractivity contribution in [2.45, 2.75) is 19.4 Å². The summed E-state index contributed by atoms with van der Waals surface area (Å²) < 4.78 is 1.68. The molecule has 0 aliphatic rings. The topological polar surface area (TPSA) is 29.9 Å². The number of aromatic nitrogens is 2. The summed E-state index contributed by atoms with van der Waals surface area (Å²) in [6, 6.07) is 5.50. The maximum atomic E-state index is 6.29. The summed E-state index contributed by atoms with van der Waals surface area (Å²) in [4.78, 5) is 0. The molecule has 0 aliphatic carbocycles. The van der Waals surface area contributed by atoms with Gasteiger partial charge in [0.1, 0.15) is 5.15 Å². The van der Waals surface area contributed by atoms with Crippen LogP contribution < -0.4 is 5.32 Å². The number of hydrogen-bond donors (Lipinski definition) is 1. The van der Waals surface area contributed by atoms with E-state index < -0.39 is 0 Å². The standard InChI is InChI=1S/C14H16Cl3N3/c1-8-10(14(17)20(3)19-8)7-13(18-2)11-6-9(15)4-5-12(11)16/h4-6,13,18H,7H2,1-3H3. The Morgan fingerprint density at radius 3 is 2.55 bits per heavy atom. The molecule has 0 fully saturated rings. The van der Waals surface area contributed by atoms with Crippen molar-refractivity contribution in [2.24, 2.45) is 7.05 Å². The minimum absolute atomic E-state index is 0.0293. The van der Waals surface area contributed by atoms with Gasteiger partial charge >= 0.3 is 0 Å². The molecule has 1 aromatic heterocycles. The van der Waals surface area contributed by atoms with Crippen LogP contribution in [-0.2, 0) is 13.5 Å². The van der Waals surface area contributed by atoms with Gasteiger partial charge in [-0.3, -0.25) is 4.68 Å². The van der Waals surface area contributed by atoms with Gasteiger partial charge in [-0.1, -0.05) is 34.8 Å². The fourth-order valence-electron chi connectivity index (χ4n) is 2.26. The van der Waals surface area contributed by atoms with Crippen molar-refractivity contribution in [3.63, 3.8) is 0 Å². The summed E-state index contributed by atoms with van der Waals surface area (Å²) in [5.41, 5.74) is 2.90. The first-order valence-electron chi connectivity index (χ1n) is 6.24. The molecular weight excluding hydrogens is 317 g/mol. The van der Waals surface area contributed by atoms with Gasteiger partial charge in [-0.2, -0.15) is 5.10 Å². The lowest BCUT2D eigenvalue weighted by atomic mass is 9.99. The molecule has 1 atom stereocenters. The Kier molecular flexibility index (Phi) is 4.97. The summed E-state index contributed by atoms with van der Waals surface area (Å²) in [5, 5.41) is 9.59. The Morgan fingerprint density at radius 1 is 1.30 bits per heavy atom. The number of hydrogen-bond acceptors (Lipinski definition) is 2. The van der Waals surface area contributed by atoms with Crippen LogP contribution in [0.1, 0.15) is 22.9 Å². The first kappa shape index (κ1) is 15.6. The molecule has 2 aromatic rings. The highest BCUT2D eigenvalue weighted by molar-refractivity contribution is 6.33. The fourth-order valence-corrected chi connectivity index (χ4v) is 2.94. The fraction of sp³-hybridized carbons (Fsp3) is 0.357. The lowest BCUT2D eigenvalue weighted by Gasteiger charge is -2.18. The number of nitrogens with one attached hydrogen (secondary N) is 1. The summed E-state index contributed by atoms with van der Waals surface area (Å²) >= 11 is 18.6. The molecule has 1 aromatic carbocycles. The molecule has 0 aliphatic heterocycles. The van der Waals surface area contributed by atoms with Crippen LogP contribution in [-0.4, -0.2) is 16.8 Å². The van der Waals surface area contributed by atoms with Gasteiger partial charge < -0.3 is 5.32 Å². The maximum absolute atomic E-state index is 6.29. The summed E-state index contributed by atoms with van der Waals surface area (Å²) in [6.07, 6.45) is 0.703. The molecule has 6 heteroatoms. The van der Waals surface area contributed by atoms with E-state index in [1.54, 1.807) is 16.8 Å². The number of aryl methyl sites for hydroxylation is 2. The summed E-state index contributed by atoms with van der Waals surface area (Å²) in [7, 11) is 3.72. The molecule has 2 rings (SSSR count). The second-order valence-electron chi connectivity index (χ2n) is 4.69. The molecular formula is C14H16Cl3N3. The number of nitrogens with zero attached hydrogens (tertiary/aromatic N) is 2. The van der Waals surface area contributed by atoms with Crippen LogP contribution in [0.5, 0.6) is 0 Å². The Balaban J connectivity index is 2.36. The Hall–Kier alpha value is -0.740. The highest BCUT2D eigenvalue weighted by atomic mass is 35.5. The summed E-state index contributed by atoms with van der Waals surface area (Å²) in [6.45, 7) is 1.95. The van der Waals surface area contributed by atoms with Crippen LogP contribution in [0, 0.1) is 6.92 Å². The van der Waals surface area contributed by atoms with Crippen molar-refractivity contribution in [2.75, 3.05) is 7.05 Å². The van der Waals surface area contributed by atoms with Crippen molar-refractivity contribution in [1.82, 2.24) is 15.1 Å². The van der Waals surface area contributed by atoms with Gasteiger partial charge in [0, 0.05) is 28.7 Å². The SMILES string of the molecule is CNC(Cc1c(C)nn(C)c1Cl)c1cc(Cl)ccc1Cl. The quantitative estimate of drug-likeness (QED) is 0.909. The monoisotopic (exact) mass is 331 g/mol. The maximum Gasteiger partial charge on any atom is 0.130 e. The lowest BCUT2D eigenvalue weighted by Crippen LogP contribution is -2.19. The van der Waals surface area contributed by atoms with E-state index in [0.717, 1.165) is 16.8 Å². The van der Waals surface area contributed by atoms with Crippen LogP contribution in [0.2, 0.25) is 15.2 Å². The molecule has 20 heavy (non-hydrogen) atoms. The third-order valence-electron chi connectivity index (χ3n) is 3.36. The molecule has 0 spiro atoms. The number of rotatable bonds is 4. The molecule has 1 N–H and O–H groups in total. The predicted octanol–water partition coefficient (Wildman–Crippen LogP) is 4.19. The smallest absolute Gasteiger partial charge is 0.130 e. The predicted molar refractivity (Wildman–Crippen MR) is 84.9 cm³/mol. The van der Waals surface area contributed by atoms with Gasteiger partial charge in [0.2, 0.25) is 0 Å². The molecule has 108 valence electrons. The first-order valence-corrected chi connectivity index (χ1v) is 7.37. The van der Waals surface area contributed by atoms with Crippen molar-refractivity contribution in [3.8, 4) is 0 Å². The van der Waals surface area contributed by atoms with Crippen LogP contribution in [0.15, 0.2) is 18.2 Å². The van der Waals surface area contributed by atoms with E-state index in [2.05, 4.69) is 10.4 Å². The normalized spacial score (nSPS) is 12.7. The van der Waals surface area contributed by atoms with Crippen LogP contribution in [0.3, 0.4) is 0 Å². The second-order valence-corrected chi connectivity index (χ2v) is 5.89. The summed E-state index contributed by atoms with van der Waals surface area (Å²) in [5.74, 6) is 0. The highest BCUT2D eigenvalue weighted by Crippen LogP contribution is 2.31. The minimum Gasteiger partial charge on any atom is -0.313 e. The van der Waals surface area contributed by atoms with Gasteiger partial charge in [0.05, 0.1) is 5.69 Å². The molecule has 0 bridgehead atoms. The van der Waals surface area contributed by atoms with Crippen molar-refractivity contribution in [3.05, 3.63) is 50.2 Å². The molecule has 0 saturated carbocycles. The average Bonchev–Trinajstić information content (AvgIpc) is 2.65. The highest BCUT2D eigenvalue weighted by Gasteiger charge is 2.19. The van der Waals surface area contributed by atoms with Gasteiger partial charge in [-0.05, 0) is 44.2 Å². The Bertz CT molecular complexity index is 622. The third kappa shape index (κ3) is 3.12. The van der Waals surface area contributed by atoms with Crippen molar-refractivity contribution < 1.29 is 0 Å². The van der Waals surface area contributed by atoms with Crippen LogP contribution >= 0.6 is 34.8 Å². The Morgan fingerprint density at radius 2 is 2.00 bits per heavy atom. The third-order valence-corrected chi connectivity index (χ3v) is 4.41. The van der Waals surface area contributed by atoms with Gasteiger partial charge in [-0.15, -0.1) is 0 Å².